The molecular formula is C10H14N2O3S. The molecule has 0 aliphatic rings. The number of rotatable bonds is 5. The average molecular weight is 242 g/mol. The van der Waals surface area contributed by atoms with Gasteiger partial charge in [-0.3, -0.25) is 9.59 Å². The largest absolute Gasteiger partial charge is 0.481 e. The molecule has 1 aromatic heterocycles. The first-order valence-corrected chi connectivity index (χ1v) is 5.79. The van der Waals surface area contributed by atoms with Crippen molar-refractivity contribution < 1.29 is 14.7 Å². The number of amides is 1. The maximum atomic E-state index is 11.5. The van der Waals surface area contributed by atoms with Gasteiger partial charge in [0.15, 0.2) is 0 Å². The number of aromatic nitrogens is 1. The number of carboxylic acids is 1. The van der Waals surface area contributed by atoms with Crippen molar-refractivity contribution in [2.45, 2.75) is 20.3 Å². The Labute approximate surface area is 97.5 Å². The number of nitrogens with one attached hydrogen (secondary N) is 1. The summed E-state index contributed by atoms with van der Waals surface area (Å²) in [5, 5.41) is 13.7. The summed E-state index contributed by atoms with van der Waals surface area (Å²) in [7, 11) is 0. The van der Waals surface area contributed by atoms with E-state index in [1.54, 1.807) is 12.3 Å². The molecule has 1 heterocycles. The van der Waals surface area contributed by atoms with Gasteiger partial charge in [-0.15, -0.1) is 11.3 Å². The Morgan fingerprint density at radius 2 is 2.31 bits per heavy atom. The maximum Gasteiger partial charge on any atom is 0.303 e. The normalized spacial score (nSPS) is 12.1. The van der Waals surface area contributed by atoms with Crippen LogP contribution in [0, 0.1) is 12.8 Å². The van der Waals surface area contributed by atoms with Gasteiger partial charge in [-0.05, 0) is 12.8 Å². The molecule has 88 valence electrons. The van der Waals surface area contributed by atoms with Crippen LogP contribution in [0.2, 0.25) is 0 Å². The first-order chi connectivity index (χ1) is 7.49. The van der Waals surface area contributed by atoms with Crippen molar-refractivity contribution in [2.75, 3.05) is 6.54 Å². The van der Waals surface area contributed by atoms with Crippen LogP contribution in [0.4, 0.5) is 0 Å². The Morgan fingerprint density at radius 3 is 2.81 bits per heavy atom. The number of carboxylic acid groups (broad SMARTS) is 1. The maximum absolute atomic E-state index is 11.5. The minimum absolute atomic E-state index is 0.0520. The quantitative estimate of drug-likeness (QED) is 0.815. The van der Waals surface area contributed by atoms with Crippen molar-refractivity contribution in [1.82, 2.24) is 10.3 Å². The topological polar surface area (TPSA) is 79.3 Å². The van der Waals surface area contributed by atoms with Gasteiger partial charge in [-0.25, -0.2) is 4.98 Å². The molecule has 1 rings (SSSR count). The summed E-state index contributed by atoms with van der Waals surface area (Å²) in [5.41, 5.74) is 0.394. The molecule has 2 N–H and O–H groups in total. The standard InChI is InChI=1S/C10H14N2O3S/c1-6(3-9(13)14)4-11-10(15)8-5-16-7(2)12-8/h5-6H,3-4H2,1-2H3,(H,11,15)(H,13,14). The molecule has 1 unspecified atom stereocenters. The highest BCUT2D eigenvalue weighted by molar-refractivity contribution is 7.09. The van der Waals surface area contributed by atoms with Gasteiger partial charge in [0.1, 0.15) is 5.69 Å². The fourth-order valence-corrected chi connectivity index (χ4v) is 1.79. The lowest BCUT2D eigenvalue weighted by atomic mass is 10.1. The van der Waals surface area contributed by atoms with Crippen LogP contribution < -0.4 is 5.32 Å². The van der Waals surface area contributed by atoms with Crippen molar-refractivity contribution in [1.29, 1.82) is 0 Å². The van der Waals surface area contributed by atoms with E-state index in [4.69, 9.17) is 5.11 Å². The zero-order chi connectivity index (χ0) is 12.1. The third kappa shape index (κ3) is 3.98. The Bertz CT molecular complexity index is 389. The van der Waals surface area contributed by atoms with E-state index in [1.165, 1.54) is 11.3 Å². The van der Waals surface area contributed by atoms with Crippen LogP contribution in [0.25, 0.3) is 0 Å². The van der Waals surface area contributed by atoms with E-state index in [0.717, 1.165) is 5.01 Å². The van der Waals surface area contributed by atoms with Crippen molar-refractivity contribution in [3.8, 4) is 0 Å². The highest BCUT2D eigenvalue weighted by Crippen LogP contribution is 2.08. The van der Waals surface area contributed by atoms with Crippen LogP contribution in [0.5, 0.6) is 0 Å². The number of hydrogen-bond donors (Lipinski definition) is 2. The Kier molecular flexibility index (Phi) is 4.42. The molecule has 5 nitrogen and oxygen atoms in total. The van der Waals surface area contributed by atoms with E-state index >= 15 is 0 Å². The van der Waals surface area contributed by atoms with E-state index in [0.29, 0.717) is 12.2 Å². The summed E-state index contributed by atoms with van der Waals surface area (Å²) in [5.74, 6) is -1.19. The van der Waals surface area contributed by atoms with Crippen molar-refractivity contribution >= 4 is 23.2 Å². The van der Waals surface area contributed by atoms with Gasteiger partial charge in [-0.1, -0.05) is 6.92 Å². The molecule has 0 spiro atoms. The number of aryl methyl sites for hydroxylation is 1. The number of carbonyl (C=O) groups excluding carboxylic acids is 1. The van der Waals surface area contributed by atoms with Gasteiger partial charge < -0.3 is 10.4 Å². The summed E-state index contributed by atoms with van der Waals surface area (Å²) >= 11 is 1.41. The summed E-state index contributed by atoms with van der Waals surface area (Å²) in [4.78, 5) is 26.0. The van der Waals surface area contributed by atoms with Crippen molar-refractivity contribution in [3.63, 3.8) is 0 Å². The lowest BCUT2D eigenvalue weighted by Gasteiger charge is -2.08. The fraction of sp³-hybridized carbons (Fsp3) is 0.500. The smallest absolute Gasteiger partial charge is 0.303 e. The molecule has 16 heavy (non-hydrogen) atoms. The number of thiazole rings is 1. The number of hydrogen-bond acceptors (Lipinski definition) is 4. The Balaban J connectivity index is 2.38. The third-order valence-corrected chi connectivity index (χ3v) is 2.76. The summed E-state index contributed by atoms with van der Waals surface area (Å²) in [6.45, 7) is 3.96. The van der Waals surface area contributed by atoms with E-state index in [-0.39, 0.29) is 18.2 Å². The second kappa shape index (κ2) is 5.60. The second-order valence-electron chi connectivity index (χ2n) is 3.66. The van der Waals surface area contributed by atoms with Crippen LogP contribution in [-0.4, -0.2) is 28.5 Å². The Hall–Kier alpha value is -1.43. The number of aliphatic carboxylic acids is 1. The fourth-order valence-electron chi connectivity index (χ4n) is 1.20. The van der Waals surface area contributed by atoms with Crippen LogP contribution >= 0.6 is 11.3 Å². The van der Waals surface area contributed by atoms with E-state index in [1.807, 2.05) is 6.92 Å². The minimum Gasteiger partial charge on any atom is -0.481 e. The van der Waals surface area contributed by atoms with E-state index < -0.39 is 5.97 Å². The van der Waals surface area contributed by atoms with Crippen LogP contribution in [-0.2, 0) is 4.79 Å². The molecule has 0 aliphatic carbocycles. The third-order valence-electron chi connectivity index (χ3n) is 1.99. The zero-order valence-electron chi connectivity index (χ0n) is 9.19. The molecule has 1 amide bonds. The number of carbonyl (C=O) groups is 2. The molecule has 1 aromatic rings. The monoisotopic (exact) mass is 242 g/mol. The minimum atomic E-state index is -0.855. The van der Waals surface area contributed by atoms with E-state index in [9.17, 15) is 9.59 Å². The lowest BCUT2D eigenvalue weighted by Crippen LogP contribution is -2.29. The highest BCUT2D eigenvalue weighted by Gasteiger charge is 2.12. The lowest BCUT2D eigenvalue weighted by molar-refractivity contribution is -0.137. The highest BCUT2D eigenvalue weighted by atomic mass is 32.1. The molecule has 0 fully saturated rings. The molecule has 0 radical (unpaired) electrons. The van der Waals surface area contributed by atoms with Crippen LogP contribution in [0.15, 0.2) is 5.38 Å². The van der Waals surface area contributed by atoms with Crippen LogP contribution in [0.1, 0.15) is 28.8 Å². The molecule has 0 saturated carbocycles. The average Bonchev–Trinajstić information content (AvgIpc) is 2.60. The predicted octanol–water partition coefficient (Wildman–Crippen LogP) is 1.29. The van der Waals surface area contributed by atoms with Gasteiger partial charge in [0.05, 0.1) is 5.01 Å². The van der Waals surface area contributed by atoms with Crippen molar-refractivity contribution in [2.24, 2.45) is 5.92 Å². The van der Waals surface area contributed by atoms with Gasteiger partial charge in [0.2, 0.25) is 0 Å². The molecule has 0 aromatic carbocycles. The van der Waals surface area contributed by atoms with Gasteiger partial charge in [0, 0.05) is 18.3 Å². The molecule has 0 saturated heterocycles. The second-order valence-corrected chi connectivity index (χ2v) is 4.73. The molecule has 6 heteroatoms. The van der Waals surface area contributed by atoms with Gasteiger partial charge in [0.25, 0.3) is 5.91 Å². The predicted molar refractivity (Wildman–Crippen MR) is 60.6 cm³/mol. The first kappa shape index (κ1) is 12.6. The zero-order valence-corrected chi connectivity index (χ0v) is 10.0. The number of nitrogens with zero attached hydrogens (tertiary/aromatic N) is 1. The Morgan fingerprint density at radius 1 is 1.62 bits per heavy atom. The van der Waals surface area contributed by atoms with Gasteiger partial charge >= 0.3 is 5.97 Å². The summed E-state index contributed by atoms with van der Waals surface area (Å²) in [6.07, 6.45) is 0.0520. The first-order valence-electron chi connectivity index (χ1n) is 4.91. The molecular weight excluding hydrogens is 228 g/mol. The molecule has 1 atom stereocenters. The summed E-state index contributed by atoms with van der Waals surface area (Å²) in [6, 6.07) is 0. The van der Waals surface area contributed by atoms with Crippen molar-refractivity contribution in [3.05, 3.63) is 16.1 Å². The van der Waals surface area contributed by atoms with E-state index in [2.05, 4.69) is 10.3 Å². The summed E-state index contributed by atoms with van der Waals surface area (Å²) < 4.78 is 0. The van der Waals surface area contributed by atoms with Crippen LogP contribution in [0.3, 0.4) is 0 Å². The molecule has 0 aliphatic heterocycles. The SMILES string of the molecule is Cc1nc(C(=O)NCC(C)CC(=O)O)cs1. The van der Waals surface area contributed by atoms with Gasteiger partial charge in [-0.2, -0.15) is 0 Å². The molecule has 0 bridgehead atoms.